The Balaban J connectivity index is 1.75. The van der Waals surface area contributed by atoms with Gasteiger partial charge in [-0.3, -0.25) is 0 Å². The second-order valence-corrected chi connectivity index (χ2v) is 5.31. The van der Waals surface area contributed by atoms with Crippen LogP contribution in [-0.2, 0) is 19.9 Å². The van der Waals surface area contributed by atoms with Gasteiger partial charge in [0.05, 0.1) is 7.11 Å². The fourth-order valence-electron chi connectivity index (χ4n) is 2.92. The smallest absolute Gasteiger partial charge is 0.119 e. The number of hydrogen-bond acceptors (Lipinski definition) is 3. The molecular weight excluding hydrogens is 250 g/mol. The third kappa shape index (κ3) is 2.56. The lowest BCUT2D eigenvalue weighted by Crippen LogP contribution is -2.30. The highest BCUT2D eigenvalue weighted by Crippen LogP contribution is 2.29. The molecule has 0 bridgehead atoms. The van der Waals surface area contributed by atoms with Gasteiger partial charge in [-0.05, 0) is 42.6 Å². The maximum atomic E-state index is 5.32. The number of benzene rings is 1. The quantitative estimate of drug-likeness (QED) is 0.927. The predicted octanol–water partition coefficient (Wildman–Crippen LogP) is 2.25. The van der Waals surface area contributed by atoms with Gasteiger partial charge in [-0.1, -0.05) is 6.07 Å². The summed E-state index contributed by atoms with van der Waals surface area (Å²) < 4.78 is 7.41. The molecule has 0 saturated heterocycles. The Hall–Kier alpha value is -1.81. The normalized spacial score (nSPS) is 17.8. The Kier molecular flexibility index (Phi) is 3.74. The van der Waals surface area contributed by atoms with E-state index >= 15 is 0 Å². The summed E-state index contributed by atoms with van der Waals surface area (Å²) in [5, 5.41) is 3.62. The lowest BCUT2D eigenvalue weighted by Gasteiger charge is -2.27. The van der Waals surface area contributed by atoms with Crippen molar-refractivity contribution in [3.63, 3.8) is 0 Å². The standard InChI is InChI=1S/C16H21N3O/c1-19-10-9-18-16(19)6-5-15-14-4-3-13(20-2)11-12(14)7-8-17-15/h3-4,9-11,15,17H,5-8H2,1-2H3. The molecular formula is C16H21N3O. The molecule has 1 unspecified atom stereocenters. The van der Waals surface area contributed by atoms with Gasteiger partial charge in [0.1, 0.15) is 11.6 Å². The second kappa shape index (κ2) is 5.67. The molecule has 1 N–H and O–H groups in total. The number of imidazole rings is 1. The van der Waals surface area contributed by atoms with Crippen molar-refractivity contribution in [1.29, 1.82) is 0 Å². The summed E-state index contributed by atoms with van der Waals surface area (Å²) in [6, 6.07) is 6.84. The number of hydrogen-bond donors (Lipinski definition) is 1. The monoisotopic (exact) mass is 271 g/mol. The van der Waals surface area contributed by atoms with Crippen LogP contribution in [0.25, 0.3) is 0 Å². The van der Waals surface area contributed by atoms with Crippen molar-refractivity contribution in [1.82, 2.24) is 14.9 Å². The highest BCUT2D eigenvalue weighted by Gasteiger charge is 2.20. The van der Waals surface area contributed by atoms with E-state index in [-0.39, 0.29) is 0 Å². The average Bonchev–Trinajstić information content (AvgIpc) is 2.89. The fraction of sp³-hybridized carbons (Fsp3) is 0.438. The van der Waals surface area contributed by atoms with E-state index in [1.807, 2.05) is 12.4 Å². The van der Waals surface area contributed by atoms with Crippen LogP contribution in [0.5, 0.6) is 5.75 Å². The topological polar surface area (TPSA) is 39.1 Å². The van der Waals surface area contributed by atoms with E-state index in [0.717, 1.165) is 37.4 Å². The van der Waals surface area contributed by atoms with Crippen LogP contribution in [0.4, 0.5) is 0 Å². The first-order valence-electron chi connectivity index (χ1n) is 7.14. The molecule has 0 spiro atoms. The van der Waals surface area contributed by atoms with Gasteiger partial charge in [0.15, 0.2) is 0 Å². The molecule has 0 amide bonds. The number of methoxy groups -OCH3 is 1. The van der Waals surface area contributed by atoms with E-state index in [2.05, 4.69) is 40.1 Å². The predicted molar refractivity (Wildman–Crippen MR) is 79.0 cm³/mol. The van der Waals surface area contributed by atoms with Gasteiger partial charge < -0.3 is 14.6 Å². The summed E-state index contributed by atoms with van der Waals surface area (Å²) >= 11 is 0. The minimum absolute atomic E-state index is 0.418. The molecule has 1 aromatic carbocycles. The van der Waals surface area contributed by atoms with Crippen LogP contribution in [0.3, 0.4) is 0 Å². The zero-order valence-electron chi connectivity index (χ0n) is 12.1. The minimum atomic E-state index is 0.418. The zero-order chi connectivity index (χ0) is 13.9. The Morgan fingerprint density at radius 3 is 3.10 bits per heavy atom. The molecule has 106 valence electrons. The molecule has 1 aliphatic heterocycles. The molecule has 1 aliphatic rings. The third-order valence-electron chi connectivity index (χ3n) is 4.09. The number of ether oxygens (including phenoxy) is 1. The average molecular weight is 271 g/mol. The molecule has 4 heteroatoms. The van der Waals surface area contributed by atoms with Crippen molar-refractivity contribution in [3.8, 4) is 5.75 Å². The van der Waals surface area contributed by atoms with Crippen LogP contribution in [0.2, 0.25) is 0 Å². The number of nitrogens with one attached hydrogen (secondary N) is 1. The largest absolute Gasteiger partial charge is 0.497 e. The maximum Gasteiger partial charge on any atom is 0.119 e. The van der Waals surface area contributed by atoms with Gasteiger partial charge in [0.25, 0.3) is 0 Å². The van der Waals surface area contributed by atoms with Crippen LogP contribution >= 0.6 is 0 Å². The molecule has 0 saturated carbocycles. The van der Waals surface area contributed by atoms with E-state index in [1.165, 1.54) is 11.1 Å². The summed E-state index contributed by atoms with van der Waals surface area (Å²) in [5.74, 6) is 2.10. The second-order valence-electron chi connectivity index (χ2n) is 5.31. The molecule has 1 aromatic heterocycles. The molecule has 0 fully saturated rings. The minimum Gasteiger partial charge on any atom is -0.497 e. The third-order valence-corrected chi connectivity index (χ3v) is 4.09. The molecule has 0 aliphatic carbocycles. The van der Waals surface area contributed by atoms with Gasteiger partial charge in [0.2, 0.25) is 0 Å². The Morgan fingerprint density at radius 2 is 2.35 bits per heavy atom. The SMILES string of the molecule is COc1ccc2c(c1)CCNC2CCc1nccn1C. The zero-order valence-corrected chi connectivity index (χ0v) is 12.1. The van der Waals surface area contributed by atoms with Gasteiger partial charge in [-0.15, -0.1) is 0 Å². The molecule has 20 heavy (non-hydrogen) atoms. The number of aromatic nitrogens is 2. The highest BCUT2D eigenvalue weighted by molar-refractivity contribution is 5.39. The number of aryl methyl sites for hydroxylation is 2. The van der Waals surface area contributed by atoms with Crippen molar-refractivity contribution in [2.45, 2.75) is 25.3 Å². The van der Waals surface area contributed by atoms with Crippen molar-refractivity contribution in [2.75, 3.05) is 13.7 Å². The van der Waals surface area contributed by atoms with Crippen LogP contribution in [0.15, 0.2) is 30.6 Å². The van der Waals surface area contributed by atoms with Gasteiger partial charge in [0, 0.05) is 31.9 Å². The fourth-order valence-corrected chi connectivity index (χ4v) is 2.92. The summed E-state index contributed by atoms with van der Waals surface area (Å²) in [7, 11) is 3.77. The number of rotatable bonds is 4. The van der Waals surface area contributed by atoms with Gasteiger partial charge in [-0.2, -0.15) is 0 Å². The molecule has 2 heterocycles. The summed E-state index contributed by atoms with van der Waals surface area (Å²) in [6.07, 6.45) is 7.01. The van der Waals surface area contributed by atoms with E-state index in [0.29, 0.717) is 6.04 Å². The van der Waals surface area contributed by atoms with Crippen molar-refractivity contribution >= 4 is 0 Å². The van der Waals surface area contributed by atoms with E-state index < -0.39 is 0 Å². The van der Waals surface area contributed by atoms with Gasteiger partial charge in [-0.25, -0.2) is 4.98 Å². The molecule has 3 rings (SSSR count). The maximum absolute atomic E-state index is 5.32. The molecule has 0 radical (unpaired) electrons. The molecule has 1 atom stereocenters. The van der Waals surface area contributed by atoms with Crippen LogP contribution in [0, 0.1) is 0 Å². The van der Waals surface area contributed by atoms with Crippen molar-refractivity contribution in [2.24, 2.45) is 7.05 Å². The first-order chi connectivity index (χ1) is 9.78. The molecule has 2 aromatic rings. The summed E-state index contributed by atoms with van der Waals surface area (Å²) in [6.45, 7) is 1.03. The number of nitrogens with zero attached hydrogens (tertiary/aromatic N) is 2. The van der Waals surface area contributed by atoms with Crippen molar-refractivity contribution < 1.29 is 4.74 Å². The Bertz CT molecular complexity index is 591. The Morgan fingerprint density at radius 1 is 1.45 bits per heavy atom. The summed E-state index contributed by atoms with van der Waals surface area (Å²) in [4.78, 5) is 4.40. The summed E-state index contributed by atoms with van der Waals surface area (Å²) in [5.41, 5.74) is 2.82. The van der Waals surface area contributed by atoms with Crippen molar-refractivity contribution in [3.05, 3.63) is 47.5 Å². The van der Waals surface area contributed by atoms with E-state index in [4.69, 9.17) is 4.74 Å². The molecule has 4 nitrogen and oxygen atoms in total. The first-order valence-corrected chi connectivity index (χ1v) is 7.14. The Labute approximate surface area is 119 Å². The highest BCUT2D eigenvalue weighted by atomic mass is 16.5. The van der Waals surface area contributed by atoms with E-state index in [1.54, 1.807) is 7.11 Å². The van der Waals surface area contributed by atoms with Crippen LogP contribution in [0.1, 0.15) is 29.4 Å². The lowest BCUT2D eigenvalue weighted by molar-refractivity contribution is 0.411. The number of fused-ring (bicyclic) bond motifs is 1. The lowest BCUT2D eigenvalue weighted by atomic mass is 9.91. The van der Waals surface area contributed by atoms with Crippen LogP contribution < -0.4 is 10.1 Å². The van der Waals surface area contributed by atoms with Gasteiger partial charge >= 0.3 is 0 Å². The van der Waals surface area contributed by atoms with Crippen LogP contribution in [-0.4, -0.2) is 23.2 Å². The first kappa shape index (κ1) is 13.2. The van der Waals surface area contributed by atoms with E-state index in [9.17, 15) is 0 Å².